The molecule has 0 saturated carbocycles. The first-order chi connectivity index (χ1) is 14.2. The molecule has 1 heterocycles. The summed E-state index contributed by atoms with van der Waals surface area (Å²) >= 11 is 0. The van der Waals surface area contributed by atoms with E-state index in [2.05, 4.69) is 10.6 Å². The molecule has 0 spiro atoms. The van der Waals surface area contributed by atoms with E-state index in [1.165, 1.54) is 19.2 Å². The van der Waals surface area contributed by atoms with Crippen LogP contribution in [0.4, 0.5) is 17.6 Å². The van der Waals surface area contributed by atoms with E-state index in [-0.39, 0.29) is 29.4 Å². The molecular weight excluding hydrogens is 408 g/mol. The third kappa shape index (κ3) is 4.81. The summed E-state index contributed by atoms with van der Waals surface area (Å²) < 4.78 is 63.8. The van der Waals surface area contributed by atoms with Crippen LogP contribution in [-0.4, -0.2) is 31.5 Å². The molecule has 1 saturated heterocycles. The number of hydrogen-bond donors (Lipinski definition) is 2. The van der Waals surface area contributed by atoms with Gasteiger partial charge in [0.2, 0.25) is 5.91 Å². The van der Waals surface area contributed by atoms with E-state index in [0.717, 1.165) is 18.2 Å². The summed E-state index contributed by atoms with van der Waals surface area (Å²) in [5.74, 6) is -2.66. The minimum absolute atomic E-state index is 0.0558. The van der Waals surface area contributed by atoms with Crippen LogP contribution < -0.4 is 20.1 Å². The SMILES string of the molecule is COc1c(F)cccc1Oc1cc(C(F)(F)F)ccc1C(=O)NC1CCNC(=O)C1. The number of carbonyl (C=O) groups excluding carboxylic acids is 2. The molecule has 2 aromatic rings. The second-order valence-electron chi connectivity index (χ2n) is 6.60. The minimum Gasteiger partial charge on any atom is -0.490 e. The average Bonchev–Trinajstić information content (AvgIpc) is 2.67. The zero-order chi connectivity index (χ0) is 21.9. The van der Waals surface area contributed by atoms with Gasteiger partial charge in [0.05, 0.1) is 18.2 Å². The Bertz CT molecular complexity index is 962. The van der Waals surface area contributed by atoms with Crippen molar-refractivity contribution < 1.29 is 36.6 Å². The number of nitrogens with one attached hydrogen (secondary N) is 2. The van der Waals surface area contributed by atoms with Gasteiger partial charge in [-0.15, -0.1) is 0 Å². The Balaban J connectivity index is 1.96. The highest BCUT2D eigenvalue weighted by atomic mass is 19.4. The Morgan fingerprint density at radius 3 is 2.63 bits per heavy atom. The van der Waals surface area contributed by atoms with Crippen LogP contribution in [0.5, 0.6) is 17.2 Å². The highest BCUT2D eigenvalue weighted by Gasteiger charge is 2.32. The summed E-state index contributed by atoms with van der Waals surface area (Å²) in [5.41, 5.74) is -1.23. The van der Waals surface area contributed by atoms with Crippen LogP contribution in [0.1, 0.15) is 28.8 Å². The highest BCUT2D eigenvalue weighted by Crippen LogP contribution is 2.38. The van der Waals surface area contributed by atoms with E-state index in [9.17, 15) is 27.2 Å². The van der Waals surface area contributed by atoms with Crippen molar-refractivity contribution in [2.75, 3.05) is 13.7 Å². The molecule has 2 amide bonds. The van der Waals surface area contributed by atoms with Crippen LogP contribution in [0.15, 0.2) is 36.4 Å². The molecule has 2 aromatic carbocycles. The summed E-state index contributed by atoms with van der Waals surface area (Å²) in [7, 11) is 1.18. The van der Waals surface area contributed by atoms with Gasteiger partial charge in [0, 0.05) is 19.0 Å². The van der Waals surface area contributed by atoms with Crippen LogP contribution >= 0.6 is 0 Å². The predicted molar refractivity (Wildman–Crippen MR) is 98.0 cm³/mol. The lowest BCUT2D eigenvalue weighted by molar-refractivity contribution is -0.137. The van der Waals surface area contributed by atoms with Crippen molar-refractivity contribution >= 4 is 11.8 Å². The fourth-order valence-corrected chi connectivity index (χ4v) is 3.03. The maximum Gasteiger partial charge on any atom is 0.416 e. The number of hydrogen-bond acceptors (Lipinski definition) is 4. The van der Waals surface area contributed by atoms with Crippen molar-refractivity contribution in [3.63, 3.8) is 0 Å². The molecule has 0 bridgehead atoms. The highest BCUT2D eigenvalue weighted by molar-refractivity contribution is 5.97. The third-order valence-electron chi connectivity index (χ3n) is 4.49. The summed E-state index contributed by atoms with van der Waals surface area (Å²) in [5, 5.41) is 5.25. The zero-order valence-electron chi connectivity index (χ0n) is 15.8. The van der Waals surface area contributed by atoms with Gasteiger partial charge in [-0.25, -0.2) is 4.39 Å². The number of para-hydroxylation sites is 1. The number of alkyl halides is 3. The topological polar surface area (TPSA) is 76.7 Å². The first-order valence-corrected chi connectivity index (χ1v) is 8.98. The molecule has 10 heteroatoms. The van der Waals surface area contributed by atoms with Crippen LogP contribution in [0.25, 0.3) is 0 Å². The molecule has 160 valence electrons. The van der Waals surface area contributed by atoms with Gasteiger partial charge in [-0.3, -0.25) is 9.59 Å². The molecule has 2 N–H and O–H groups in total. The summed E-state index contributed by atoms with van der Waals surface area (Å²) in [6.07, 6.45) is -4.15. The number of piperidine rings is 1. The number of carbonyl (C=O) groups is 2. The van der Waals surface area contributed by atoms with Crippen molar-refractivity contribution in [1.82, 2.24) is 10.6 Å². The number of benzene rings is 2. The van der Waals surface area contributed by atoms with Crippen LogP contribution in [0, 0.1) is 5.82 Å². The number of amides is 2. The van der Waals surface area contributed by atoms with E-state index in [1.807, 2.05) is 0 Å². The van der Waals surface area contributed by atoms with E-state index in [0.29, 0.717) is 19.0 Å². The standard InChI is InChI=1S/C20H18F4N2O4/c1-29-18-14(21)3-2-4-15(18)30-16-9-11(20(22,23)24)5-6-13(16)19(28)26-12-7-8-25-17(27)10-12/h2-6,9,12H,7-8,10H2,1H3,(H,25,27)(H,26,28). The molecular formula is C20H18F4N2O4. The number of rotatable bonds is 5. The number of ether oxygens (including phenoxy) is 2. The van der Waals surface area contributed by atoms with Crippen molar-refractivity contribution in [2.24, 2.45) is 0 Å². The van der Waals surface area contributed by atoms with E-state index in [1.54, 1.807) is 0 Å². The van der Waals surface area contributed by atoms with Gasteiger partial charge in [-0.05, 0) is 36.8 Å². The van der Waals surface area contributed by atoms with Gasteiger partial charge < -0.3 is 20.1 Å². The lowest BCUT2D eigenvalue weighted by Gasteiger charge is -2.23. The Hall–Kier alpha value is -3.30. The van der Waals surface area contributed by atoms with E-state index >= 15 is 0 Å². The maximum atomic E-state index is 13.9. The maximum absolute atomic E-state index is 13.9. The Morgan fingerprint density at radius 2 is 1.97 bits per heavy atom. The third-order valence-corrected chi connectivity index (χ3v) is 4.49. The number of methoxy groups -OCH3 is 1. The molecule has 6 nitrogen and oxygen atoms in total. The Labute approximate surface area is 169 Å². The fraction of sp³-hybridized carbons (Fsp3) is 0.300. The summed E-state index contributed by atoms with van der Waals surface area (Å²) in [6.45, 7) is 0.376. The van der Waals surface area contributed by atoms with Crippen molar-refractivity contribution in [3.05, 3.63) is 53.3 Å². The Kier molecular flexibility index (Phi) is 6.14. The second-order valence-corrected chi connectivity index (χ2v) is 6.60. The number of halogens is 4. The van der Waals surface area contributed by atoms with Gasteiger partial charge in [-0.1, -0.05) is 6.07 Å². The fourth-order valence-electron chi connectivity index (χ4n) is 3.03. The van der Waals surface area contributed by atoms with Crippen molar-refractivity contribution in [2.45, 2.75) is 25.1 Å². The van der Waals surface area contributed by atoms with Crippen LogP contribution in [-0.2, 0) is 11.0 Å². The zero-order valence-corrected chi connectivity index (χ0v) is 15.8. The molecule has 0 radical (unpaired) electrons. The average molecular weight is 426 g/mol. The van der Waals surface area contributed by atoms with Gasteiger partial charge in [0.15, 0.2) is 17.3 Å². The van der Waals surface area contributed by atoms with Crippen LogP contribution in [0.3, 0.4) is 0 Å². The van der Waals surface area contributed by atoms with Crippen molar-refractivity contribution in [1.29, 1.82) is 0 Å². The van der Waals surface area contributed by atoms with Gasteiger partial charge in [-0.2, -0.15) is 13.2 Å². The Morgan fingerprint density at radius 1 is 1.20 bits per heavy atom. The van der Waals surface area contributed by atoms with E-state index < -0.39 is 35.3 Å². The van der Waals surface area contributed by atoms with Crippen LogP contribution in [0.2, 0.25) is 0 Å². The molecule has 0 aromatic heterocycles. The molecule has 3 rings (SSSR count). The largest absolute Gasteiger partial charge is 0.490 e. The second kappa shape index (κ2) is 8.60. The molecule has 0 aliphatic carbocycles. The molecule has 1 atom stereocenters. The molecule has 1 unspecified atom stereocenters. The lowest BCUT2D eigenvalue weighted by Crippen LogP contribution is -2.45. The summed E-state index contributed by atoms with van der Waals surface area (Å²) in [6, 6.07) is 5.61. The first-order valence-electron chi connectivity index (χ1n) is 8.98. The predicted octanol–water partition coefficient (Wildman–Crippen LogP) is 3.65. The lowest BCUT2D eigenvalue weighted by atomic mass is 10.0. The molecule has 1 fully saturated rings. The normalized spacial score (nSPS) is 16.6. The molecule has 1 aliphatic heterocycles. The van der Waals surface area contributed by atoms with E-state index in [4.69, 9.17) is 9.47 Å². The molecule has 1 aliphatic rings. The summed E-state index contributed by atoms with van der Waals surface area (Å²) in [4.78, 5) is 24.2. The van der Waals surface area contributed by atoms with Crippen molar-refractivity contribution in [3.8, 4) is 17.2 Å². The monoisotopic (exact) mass is 426 g/mol. The first kappa shape index (κ1) is 21.4. The van der Waals surface area contributed by atoms with Gasteiger partial charge >= 0.3 is 6.18 Å². The smallest absolute Gasteiger partial charge is 0.416 e. The quantitative estimate of drug-likeness (QED) is 0.716. The van der Waals surface area contributed by atoms with Gasteiger partial charge in [0.1, 0.15) is 5.75 Å². The molecule has 30 heavy (non-hydrogen) atoms. The van der Waals surface area contributed by atoms with Gasteiger partial charge in [0.25, 0.3) is 5.91 Å². The minimum atomic E-state index is -4.68.